The van der Waals surface area contributed by atoms with Crippen LogP contribution in [0.15, 0.2) is 94.1 Å². The summed E-state index contributed by atoms with van der Waals surface area (Å²) in [4.78, 5) is 7.70. The quantitative estimate of drug-likeness (QED) is 0.294. The first kappa shape index (κ1) is 23.5. The Bertz CT molecular complexity index is 1450. The van der Waals surface area contributed by atoms with Gasteiger partial charge >= 0.3 is 6.18 Å². The lowest BCUT2D eigenvalue weighted by molar-refractivity contribution is -0.212. The van der Waals surface area contributed by atoms with Gasteiger partial charge in [-0.25, -0.2) is 18.4 Å². The number of nitrogens with zero attached hydrogens (tertiary/aromatic N) is 2. The third-order valence-corrected chi connectivity index (χ3v) is 6.73. The Morgan fingerprint density at radius 3 is 2.41 bits per heavy atom. The maximum absolute atomic E-state index is 13.0. The van der Waals surface area contributed by atoms with E-state index in [4.69, 9.17) is 0 Å². The Morgan fingerprint density at radius 2 is 1.68 bits per heavy atom. The smallest absolute Gasteiger partial charge is 0.416 e. The number of hydrogen-bond acceptors (Lipinski definition) is 6. The van der Waals surface area contributed by atoms with Gasteiger partial charge in [0.25, 0.3) is 10.0 Å². The summed E-state index contributed by atoms with van der Waals surface area (Å²) >= 11 is 1.14. The SMILES string of the molecule is O=S(=O)(Nc1ccccc1C([O-])=Nc1nc(-c2ccccc2)cs1)c1cccc(C(F)(F)F)c1. The summed E-state index contributed by atoms with van der Waals surface area (Å²) in [5, 5.41) is 14.7. The molecule has 1 aromatic heterocycles. The monoisotopic (exact) mass is 502 g/mol. The molecular formula is C23H15F3N3O3S2-. The summed E-state index contributed by atoms with van der Waals surface area (Å²) in [5.74, 6) is -0.753. The fraction of sp³-hybridized carbons (Fsp3) is 0.0435. The first-order valence-corrected chi connectivity index (χ1v) is 12.1. The van der Waals surface area contributed by atoms with Crippen molar-refractivity contribution in [3.8, 4) is 11.3 Å². The molecule has 11 heteroatoms. The lowest BCUT2D eigenvalue weighted by Gasteiger charge is -2.17. The Kier molecular flexibility index (Phi) is 6.40. The Morgan fingerprint density at radius 1 is 0.971 bits per heavy atom. The Balaban J connectivity index is 1.63. The van der Waals surface area contributed by atoms with Gasteiger partial charge in [0.15, 0.2) is 0 Å². The van der Waals surface area contributed by atoms with Crippen LogP contribution < -0.4 is 9.83 Å². The van der Waals surface area contributed by atoms with Gasteiger partial charge in [-0.15, -0.1) is 11.3 Å². The second kappa shape index (κ2) is 9.27. The average Bonchev–Trinajstić information content (AvgIpc) is 3.28. The number of halogens is 3. The zero-order valence-corrected chi connectivity index (χ0v) is 18.8. The maximum atomic E-state index is 13.0. The number of rotatable bonds is 6. The molecule has 0 radical (unpaired) electrons. The van der Waals surface area contributed by atoms with E-state index >= 15 is 0 Å². The molecule has 0 saturated carbocycles. The van der Waals surface area contributed by atoms with Crippen LogP contribution in [0.1, 0.15) is 11.1 Å². The summed E-state index contributed by atoms with van der Waals surface area (Å²) in [7, 11) is -4.41. The normalized spacial score (nSPS) is 12.5. The van der Waals surface area contributed by atoms with E-state index in [1.165, 1.54) is 24.3 Å². The van der Waals surface area contributed by atoms with E-state index in [0.29, 0.717) is 11.8 Å². The fourth-order valence-electron chi connectivity index (χ4n) is 3.01. The minimum atomic E-state index is -4.70. The van der Waals surface area contributed by atoms with Gasteiger partial charge in [0.05, 0.1) is 21.8 Å². The Hall–Kier alpha value is -3.70. The molecule has 1 N–H and O–H groups in total. The molecule has 0 amide bonds. The molecule has 0 aliphatic carbocycles. The van der Waals surface area contributed by atoms with Crippen LogP contribution >= 0.6 is 11.3 Å². The average molecular weight is 503 g/mol. The molecule has 0 bridgehead atoms. The van der Waals surface area contributed by atoms with Crippen LogP contribution in [0.5, 0.6) is 0 Å². The highest BCUT2D eigenvalue weighted by molar-refractivity contribution is 7.92. The number of alkyl halides is 3. The van der Waals surface area contributed by atoms with Crippen LogP contribution in [0.4, 0.5) is 24.0 Å². The lowest BCUT2D eigenvalue weighted by Crippen LogP contribution is -2.22. The highest BCUT2D eigenvalue weighted by Gasteiger charge is 2.31. The van der Waals surface area contributed by atoms with E-state index in [2.05, 4.69) is 14.7 Å². The molecule has 0 fully saturated rings. The molecule has 0 aliphatic rings. The molecule has 1 heterocycles. The van der Waals surface area contributed by atoms with E-state index in [1.54, 1.807) is 5.38 Å². The van der Waals surface area contributed by atoms with Crippen LogP contribution in [0.2, 0.25) is 0 Å². The van der Waals surface area contributed by atoms with Crippen molar-refractivity contribution in [1.82, 2.24) is 4.98 Å². The zero-order chi connectivity index (χ0) is 24.3. The first-order chi connectivity index (χ1) is 16.1. The standard InChI is InChI=1S/C23H16F3N3O3S2/c24-23(25,26)16-9-6-10-17(13-16)34(31,32)29-19-12-5-4-11-18(19)21(30)28-22-27-20(14-33-22)15-7-2-1-3-8-15/h1-14,29H,(H,27,28,30)/p-1. The molecule has 0 unspecified atom stereocenters. The van der Waals surface area contributed by atoms with E-state index in [1.807, 2.05) is 30.3 Å². The van der Waals surface area contributed by atoms with Crippen molar-refractivity contribution in [2.24, 2.45) is 4.99 Å². The van der Waals surface area contributed by atoms with Crippen molar-refractivity contribution >= 4 is 38.1 Å². The van der Waals surface area contributed by atoms with Crippen molar-refractivity contribution < 1.29 is 26.7 Å². The molecule has 6 nitrogen and oxygen atoms in total. The second-order valence-electron chi connectivity index (χ2n) is 6.97. The van der Waals surface area contributed by atoms with Gasteiger partial charge in [0.1, 0.15) is 0 Å². The predicted octanol–water partition coefficient (Wildman–Crippen LogP) is 5.07. The van der Waals surface area contributed by atoms with Crippen LogP contribution in [-0.2, 0) is 16.2 Å². The van der Waals surface area contributed by atoms with E-state index < -0.39 is 32.6 Å². The number of aromatic nitrogens is 1. The van der Waals surface area contributed by atoms with E-state index in [9.17, 15) is 26.7 Å². The summed E-state index contributed by atoms with van der Waals surface area (Å²) in [5.41, 5.74) is 0.188. The molecule has 4 aromatic rings. The third-order valence-electron chi connectivity index (χ3n) is 4.63. The van der Waals surface area contributed by atoms with Crippen LogP contribution in [0.25, 0.3) is 11.3 Å². The van der Waals surface area contributed by atoms with E-state index in [-0.39, 0.29) is 16.4 Å². The molecule has 0 aliphatic heterocycles. The zero-order valence-electron chi connectivity index (χ0n) is 17.2. The van der Waals surface area contributed by atoms with Gasteiger partial charge < -0.3 is 5.11 Å². The van der Waals surface area contributed by atoms with Crippen LogP contribution in [0.3, 0.4) is 0 Å². The number of benzene rings is 3. The van der Waals surface area contributed by atoms with Crippen molar-refractivity contribution in [2.45, 2.75) is 11.1 Å². The lowest BCUT2D eigenvalue weighted by atomic mass is 10.2. The molecule has 0 saturated heterocycles. The second-order valence-corrected chi connectivity index (χ2v) is 9.49. The summed E-state index contributed by atoms with van der Waals surface area (Å²) in [6.45, 7) is 0. The molecule has 34 heavy (non-hydrogen) atoms. The number of para-hydroxylation sites is 1. The summed E-state index contributed by atoms with van der Waals surface area (Å²) < 4.78 is 66.7. The van der Waals surface area contributed by atoms with Crippen molar-refractivity contribution in [2.75, 3.05) is 4.72 Å². The molecule has 0 spiro atoms. The van der Waals surface area contributed by atoms with Crippen LogP contribution in [-0.4, -0.2) is 19.3 Å². The highest BCUT2D eigenvalue weighted by atomic mass is 32.2. The van der Waals surface area contributed by atoms with Gasteiger partial charge in [-0.05, 0) is 30.2 Å². The number of thiazole rings is 1. The van der Waals surface area contributed by atoms with Gasteiger partial charge in [0, 0.05) is 16.5 Å². The van der Waals surface area contributed by atoms with Crippen molar-refractivity contribution in [1.29, 1.82) is 0 Å². The molecule has 174 valence electrons. The number of hydrogen-bond donors (Lipinski definition) is 1. The minimum Gasteiger partial charge on any atom is -0.858 e. The molecule has 4 rings (SSSR count). The number of anilines is 1. The van der Waals surface area contributed by atoms with Gasteiger partial charge in [-0.2, -0.15) is 13.2 Å². The largest absolute Gasteiger partial charge is 0.858 e. The fourth-order valence-corrected chi connectivity index (χ4v) is 4.82. The molecular weight excluding hydrogens is 487 g/mol. The van der Waals surface area contributed by atoms with Gasteiger partial charge in [-0.3, -0.25) is 4.72 Å². The Labute approximate surface area is 197 Å². The molecule has 0 atom stereocenters. The van der Waals surface area contributed by atoms with Crippen molar-refractivity contribution in [3.63, 3.8) is 0 Å². The number of aliphatic imine (C=N–C) groups is 1. The minimum absolute atomic E-state index is 0.0745. The first-order valence-electron chi connectivity index (χ1n) is 9.69. The summed E-state index contributed by atoms with van der Waals surface area (Å²) in [6.07, 6.45) is -4.70. The molecule has 3 aromatic carbocycles. The van der Waals surface area contributed by atoms with Gasteiger partial charge in [-0.1, -0.05) is 54.6 Å². The predicted molar refractivity (Wildman–Crippen MR) is 122 cm³/mol. The van der Waals surface area contributed by atoms with E-state index in [0.717, 1.165) is 35.1 Å². The maximum Gasteiger partial charge on any atom is 0.416 e. The third kappa shape index (κ3) is 5.26. The number of sulfonamides is 1. The number of nitrogens with one attached hydrogen (secondary N) is 1. The van der Waals surface area contributed by atoms with Gasteiger partial charge in [0.2, 0.25) is 5.13 Å². The highest BCUT2D eigenvalue weighted by Crippen LogP contribution is 2.31. The van der Waals surface area contributed by atoms with Crippen molar-refractivity contribution in [3.05, 3.63) is 95.4 Å². The summed E-state index contributed by atoms with van der Waals surface area (Å²) in [6, 6.07) is 18.3. The topological polar surface area (TPSA) is 94.5 Å². The van der Waals surface area contributed by atoms with Crippen LogP contribution in [0, 0.1) is 0 Å².